The summed E-state index contributed by atoms with van der Waals surface area (Å²) in [5.41, 5.74) is 5.87. The second-order valence-corrected chi connectivity index (χ2v) is 4.32. The van der Waals surface area contributed by atoms with Crippen LogP contribution < -0.4 is 5.73 Å². The lowest BCUT2D eigenvalue weighted by Gasteiger charge is -2.32. The van der Waals surface area contributed by atoms with Crippen LogP contribution in [0.15, 0.2) is 10.9 Å². The molecule has 1 saturated carbocycles. The molecule has 1 aromatic heterocycles. The summed E-state index contributed by atoms with van der Waals surface area (Å²) < 4.78 is 4.99. The minimum Gasteiger partial charge on any atom is -0.338 e. The van der Waals surface area contributed by atoms with E-state index in [0.717, 1.165) is 19.4 Å². The molecule has 1 fully saturated rings. The molecule has 0 aliphatic heterocycles. The summed E-state index contributed by atoms with van der Waals surface area (Å²) in [4.78, 5) is 6.30. The smallest absolute Gasteiger partial charge is 0.240 e. The molecule has 1 heterocycles. The Hall–Kier alpha value is -0.940. The van der Waals surface area contributed by atoms with Gasteiger partial charge in [-0.25, -0.2) is 0 Å². The minimum absolute atomic E-state index is 0.401. The van der Waals surface area contributed by atoms with Crippen molar-refractivity contribution in [2.24, 2.45) is 5.73 Å². The van der Waals surface area contributed by atoms with Gasteiger partial charge in [-0.1, -0.05) is 5.16 Å². The molecule has 1 aromatic rings. The number of aromatic nitrogens is 2. The number of hydrogen-bond acceptors (Lipinski definition) is 5. The normalized spacial score (nSPS) is 27.1. The molecule has 2 N–H and O–H groups in total. The van der Waals surface area contributed by atoms with Crippen LogP contribution in [0.5, 0.6) is 0 Å². The van der Waals surface area contributed by atoms with Crippen LogP contribution in [0.3, 0.4) is 0 Å². The van der Waals surface area contributed by atoms with Gasteiger partial charge in [0.25, 0.3) is 0 Å². The Kier molecular flexibility index (Phi) is 3.33. The van der Waals surface area contributed by atoms with Gasteiger partial charge >= 0.3 is 0 Å². The van der Waals surface area contributed by atoms with E-state index in [1.165, 1.54) is 19.2 Å². The van der Waals surface area contributed by atoms with Crippen molar-refractivity contribution < 1.29 is 4.52 Å². The molecule has 0 bridgehead atoms. The van der Waals surface area contributed by atoms with E-state index in [0.29, 0.717) is 18.0 Å². The molecular formula is C10H18N4O. The van der Waals surface area contributed by atoms with Crippen molar-refractivity contribution in [1.82, 2.24) is 15.0 Å². The largest absolute Gasteiger partial charge is 0.338 e. The first-order valence-corrected chi connectivity index (χ1v) is 5.47. The van der Waals surface area contributed by atoms with Crippen LogP contribution in [-0.2, 0) is 6.54 Å². The molecule has 0 amide bonds. The van der Waals surface area contributed by atoms with Gasteiger partial charge in [0.05, 0.1) is 6.54 Å². The standard InChI is InChI=1S/C10H18N4O/c1-14(6-10-12-7-13-15-10)9-4-2-8(11)3-5-9/h7-9H,2-6,11H2,1H3. The van der Waals surface area contributed by atoms with Gasteiger partial charge in [0.2, 0.25) is 5.89 Å². The second-order valence-electron chi connectivity index (χ2n) is 4.32. The summed E-state index contributed by atoms with van der Waals surface area (Å²) in [6.45, 7) is 0.736. The van der Waals surface area contributed by atoms with Gasteiger partial charge < -0.3 is 10.3 Å². The van der Waals surface area contributed by atoms with Crippen molar-refractivity contribution in [2.45, 2.75) is 44.3 Å². The highest BCUT2D eigenvalue weighted by Gasteiger charge is 2.22. The van der Waals surface area contributed by atoms with Gasteiger partial charge in [-0.15, -0.1) is 0 Å². The summed E-state index contributed by atoms with van der Waals surface area (Å²) >= 11 is 0. The minimum atomic E-state index is 0.401. The zero-order valence-electron chi connectivity index (χ0n) is 9.09. The summed E-state index contributed by atoms with van der Waals surface area (Å²) in [5.74, 6) is 0.687. The second kappa shape index (κ2) is 4.72. The highest BCUT2D eigenvalue weighted by molar-refractivity contribution is 4.82. The Balaban J connectivity index is 1.83. The highest BCUT2D eigenvalue weighted by atomic mass is 16.5. The first kappa shape index (κ1) is 10.6. The third-order valence-corrected chi connectivity index (χ3v) is 3.16. The fraction of sp³-hybridized carbons (Fsp3) is 0.800. The van der Waals surface area contributed by atoms with Crippen molar-refractivity contribution in [3.8, 4) is 0 Å². The molecule has 0 atom stereocenters. The Bertz CT molecular complexity index is 280. The number of nitrogens with zero attached hydrogens (tertiary/aromatic N) is 3. The monoisotopic (exact) mass is 210 g/mol. The Morgan fingerprint density at radius 1 is 1.47 bits per heavy atom. The van der Waals surface area contributed by atoms with E-state index < -0.39 is 0 Å². The van der Waals surface area contributed by atoms with Gasteiger partial charge in [0, 0.05) is 12.1 Å². The average molecular weight is 210 g/mol. The summed E-state index contributed by atoms with van der Waals surface area (Å²) in [5, 5.41) is 3.60. The maximum Gasteiger partial charge on any atom is 0.240 e. The molecule has 84 valence electrons. The summed E-state index contributed by atoms with van der Waals surface area (Å²) in [6.07, 6.45) is 6.04. The Morgan fingerprint density at radius 3 is 2.80 bits per heavy atom. The third-order valence-electron chi connectivity index (χ3n) is 3.16. The Labute approximate surface area is 89.6 Å². The van der Waals surface area contributed by atoms with E-state index >= 15 is 0 Å². The first-order valence-electron chi connectivity index (χ1n) is 5.47. The SMILES string of the molecule is CN(Cc1ncno1)C1CCC(N)CC1. The van der Waals surface area contributed by atoms with Crippen molar-refractivity contribution in [2.75, 3.05) is 7.05 Å². The van der Waals surface area contributed by atoms with Crippen molar-refractivity contribution in [3.05, 3.63) is 12.2 Å². The fourth-order valence-electron chi connectivity index (χ4n) is 2.15. The van der Waals surface area contributed by atoms with Crippen molar-refractivity contribution >= 4 is 0 Å². The van der Waals surface area contributed by atoms with Gasteiger partial charge in [-0.05, 0) is 32.7 Å². The predicted molar refractivity (Wildman–Crippen MR) is 56.0 cm³/mol. The zero-order valence-corrected chi connectivity index (χ0v) is 9.09. The van der Waals surface area contributed by atoms with Crippen molar-refractivity contribution in [3.63, 3.8) is 0 Å². The molecule has 1 aliphatic rings. The maximum absolute atomic E-state index is 5.87. The van der Waals surface area contributed by atoms with E-state index in [9.17, 15) is 0 Å². The lowest BCUT2D eigenvalue weighted by molar-refractivity contribution is 0.158. The van der Waals surface area contributed by atoms with Gasteiger partial charge in [0.1, 0.15) is 0 Å². The van der Waals surface area contributed by atoms with Gasteiger partial charge in [-0.3, -0.25) is 4.90 Å². The van der Waals surface area contributed by atoms with Crippen LogP contribution in [0.4, 0.5) is 0 Å². The number of rotatable bonds is 3. The van der Waals surface area contributed by atoms with E-state index in [-0.39, 0.29) is 0 Å². The number of nitrogens with two attached hydrogens (primary N) is 1. The maximum atomic E-state index is 5.87. The predicted octanol–water partition coefficient (Wildman–Crippen LogP) is 0.771. The molecule has 15 heavy (non-hydrogen) atoms. The topological polar surface area (TPSA) is 68.2 Å². The first-order chi connectivity index (χ1) is 7.25. The molecule has 0 unspecified atom stereocenters. The van der Waals surface area contributed by atoms with Crippen LogP contribution in [0.2, 0.25) is 0 Å². The molecule has 2 rings (SSSR count). The molecule has 0 radical (unpaired) electrons. The zero-order chi connectivity index (χ0) is 10.7. The van der Waals surface area contributed by atoms with Crippen LogP contribution in [0.1, 0.15) is 31.6 Å². The van der Waals surface area contributed by atoms with E-state index in [4.69, 9.17) is 10.3 Å². The van der Waals surface area contributed by atoms with E-state index in [1.807, 2.05) is 0 Å². The summed E-state index contributed by atoms with van der Waals surface area (Å²) in [7, 11) is 2.10. The molecule has 0 saturated heterocycles. The van der Waals surface area contributed by atoms with Crippen LogP contribution in [0.25, 0.3) is 0 Å². The van der Waals surface area contributed by atoms with Crippen LogP contribution >= 0.6 is 0 Å². The molecule has 0 spiro atoms. The molecule has 1 aliphatic carbocycles. The molecular weight excluding hydrogens is 192 g/mol. The van der Waals surface area contributed by atoms with Gasteiger partial charge in [0.15, 0.2) is 6.33 Å². The molecule has 5 heteroatoms. The molecule has 0 aromatic carbocycles. The van der Waals surface area contributed by atoms with Crippen LogP contribution in [0, 0.1) is 0 Å². The van der Waals surface area contributed by atoms with E-state index in [2.05, 4.69) is 22.1 Å². The Morgan fingerprint density at radius 2 is 2.20 bits per heavy atom. The quantitative estimate of drug-likeness (QED) is 0.798. The molecule has 5 nitrogen and oxygen atoms in total. The lowest BCUT2D eigenvalue weighted by Crippen LogP contribution is -2.38. The van der Waals surface area contributed by atoms with Crippen molar-refractivity contribution in [1.29, 1.82) is 0 Å². The number of hydrogen-bond donors (Lipinski definition) is 1. The van der Waals surface area contributed by atoms with Gasteiger partial charge in [-0.2, -0.15) is 4.98 Å². The third kappa shape index (κ3) is 2.76. The van der Waals surface area contributed by atoms with E-state index in [1.54, 1.807) is 0 Å². The summed E-state index contributed by atoms with van der Waals surface area (Å²) in [6, 6.07) is 1.01. The lowest BCUT2D eigenvalue weighted by atomic mass is 9.91. The average Bonchev–Trinajstić information content (AvgIpc) is 2.71. The van der Waals surface area contributed by atoms with Crippen LogP contribution in [-0.4, -0.2) is 34.2 Å². The fourth-order valence-corrected chi connectivity index (χ4v) is 2.15. The highest BCUT2D eigenvalue weighted by Crippen LogP contribution is 2.21.